The van der Waals surface area contributed by atoms with E-state index in [-0.39, 0.29) is 29.7 Å². The lowest BCUT2D eigenvalue weighted by atomic mass is 9.83. The van der Waals surface area contributed by atoms with Gasteiger partial charge >= 0.3 is 0 Å². The Kier molecular flexibility index (Phi) is 11.1. The molecule has 1 aromatic carbocycles. The Labute approximate surface area is 223 Å². The van der Waals surface area contributed by atoms with Crippen molar-refractivity contribution in [3.8, 4) is 0 Å². The maximum atomic E-state index is 13.3. The van der Waals surface area contributed by atoms with E-state index in [2.05, 4.69) is 25.7 Å². The van der Waals surface area contributed by atoms with Crippen molar-refractivity contribution in [2.75, 3.05) is 26.4 Å². The van der Waals surface area contributed by atoms with Crippen LogP contribution in [0.5, 0.6) is 0 Å². The molecule has 0 aliphatic heterocycles. The minimum Gasteiger partial charge on any atom is -0.415 e. The zero-order valence-electron chi connectivity index (χ0n) is 22.2. The van der Waals surface area contributed by atoms with Crippen molar-refractivity contribution in [1.29, 1.82) is 0 Å². The number of carbonyl (C=O) groups excluding carboxylic acids is 3. The third-order valence-electron chi connectivity index (χ3n) is 6.42. The van der Waals surface area contributed by atoms with Crippen LogP contribution in [0.3, 0.4) is 0 Å². The van der Waals surface area contributed by atoms with Gasteiger partial charge in [0.2, 0.25) is 17.7 Å². The number of aromatic nitrogens is 2. The summed E-state index contributed by atoms with van der Waals surface area (Å²) in [5.41, 5.74) is 0.548. The van der Waals surface area contributed by atoms with Crippen LogP contribution in [-0.2, 0) is 9.59 Å². The molecule has 2 aromatic rings. The molecular weight excluding hydrogens is 490 g/mol. The predicted molar refractivity (Wildman–Crippen MR) is 143 cm³/mol. The Morgan fingerprint density at radius 2 is 1.84 bits per heavy atom. The first-order valence-corrected chi connectivity index (χ1v) is 14.0. The number of imide groups is 1. The summed E-state index contributed by atoms with van der Waals surface area (Å²) in [6, 6.07) is 8.62. The van der Waals surface area contributed by atoms with Crippen LogP contribution >= 0.6 is 11.8 Å². The highest BCUT2D eigenvalue weighted by Gasteiger charge is 2.35. The van der Waals surface area contributed by atoms with Gasteiger partial charge in [-0.05, 0) is 64.4 Å². The fraction of sp³-hybridized carbons (Fsp3) is 0.593. The Morgan fingerprint density at radius 3 is 2.54 bits per heavy atom. The van der Waals surface area contributed by atoms with E-state index >= 15 is 0 Å². The van der Waals surface area contributed by atoms with Crippen LogP contribution in [0.1, 0.15) is 74.5 Å². The number of nitrogens with zero attached hydrogens (tertiary/aromatic N) is 3. The molecule has 1 aromatic heterocycles. The van der Waals surface area contributed by atoms with Crippen molar-refractivity contribution in [2.24, 2.45) is 11.8 Å². The van der Waals surface area contributed by atoms with Gasteiger partial charge in [-0.3, -0.25) is 19.7 Å². The van der Waals surface area contributed by atoms with E-state index in [1.165, 1.54) is 11.8 Å². The maximum absolute atomic E-state index is 13.3. The number of amides is 3. The smallest absolute Gasteiger partial charge is 0.276 e. The molecule has 1 aliphatic rings. The Hall–Kier alpha value is -2.72. The molecule has 0 bridgehead atoms. The van der Waals surface area contributed by atoms with Crippen molar-refractivity contribution in [1.82, 2.24) is 25.7 Å². The molecule has 10 heteroatoms. The summed E-state index contributed by atoms with van der Waals surface area (Å²) in [6.07, 6.45) is 4.55. The molecule has 0 radical (unpaired) electrons. The zero-order chi connectivity index (χ0) is 26.8. The van der Waals surface area contributed by atoms with Crippen LogP contribution in [0.2, 0.25) is 0 Å². The first-order valence-electron chi connectivity index (χ1n) is 13.1. The largest absolute Gasteiger partial charge is 0.415 e. The third-order valence-corrected chi connectivity index (χ3v) is 7.33. The summed E-state index contributed by atoms with van der Waals surface area (Å²) >= 11 is 1.47. The van der Waals surface area contributed by atoms with Crippen LogP contribution in [0.15, 0.2) is 40.0 Å². The molecule has 3 rings (SSSR count). The first kappa shape index (κ1) is 28.8. The lowest BCUT2D eigenvalue weighted by Gasteiger charge is -2.31. The molecule has 2 N–H and O–H groups in total. The summed E-state index contributed by atoms with van der Waals surface area (Å²) in [4.78, 5) is 41.3. The normalized spacial score (nSPS) is 18.5. The average Bonchev–Trinajstić information content (AvgIpc) is 3.34. The van der Waals surface area contributed by atoms with Gasteiger partial charge in [0, 0.05) is 17.4 Å². The molecule has 1 unspecified atom stereocenters. The SMILES string of the molecule is CC(C)CC(C(=O)NC(=O)[C@@H]1CCCC[C@@H]1NC(=O)c1ccccc1)c1nnc(SCCCN(C)C)o1. The van der Waals surface area contributed by atoms with E-state index in [1.54, 1.807) is 24.3 Å². The number of rotatable bonds is 12. The van der Waals surface area contributed by atoms with Gasteiger partial charge in [0.25, 0.3) is 11.1 Å². The predicted octanol–water partition coefficient (Wildman–Crippen LogP) is 3.87. The second kappa shape index (κ2) is 14.3. The Bertz CT molecular complexity index is 1030. The van der Waals surface area contributed by atoms with Gasteiger partial charge in [0.15, 0.2) is 0 Å². The summed E-state index contributed by atoms with van der Waals surface area (Å²) in [6.45, 7) is 4.97. The number of thioether (sulfide) groups is 1. The first-order chi connectivity index (χ1) is 17.7. The van der Waals surface area contributed by atoms with Gasteiger partial charge in [-0.15, -0.1) is 10.2 Å². The molecule has 0 saturated heterocycles. The van der Waals surface area contributed by atoms with Crippen LogP contribution in [0.4, 0.5) is 0 Å². The minimum absolute atomic E-state index is 0.182. The second-order valence-corrected chi connectivity index (χ2v) is 11.3. The topological polar surface area (TPSA) is 117 Å². The third kappa shape index (κ3) is 8.96. The molecule has 1 heterocycles. The second-order valence-electron chi connectivity index (χ2n) is 10.3. The summed E-state index contributed by atoms with van der Waals surface area (Å²) < 4.78 is 5.82. The Balaban J connectivity index is 1.63. The quantitative estimate of drug-likeness (QED) is 0.314. The fourth-order valence-corrected chi connectivity index (χ4v) is 5.20. The molecule has 202 valence electrons. The lowest BCUT2D eigenvalue weighted by molar-refractivity contribution is -0.135. The van der Waals surface area contributed by atoms with Crippen molar-refractivity contribution in [2.45, 2.75) is 69.6 Å². The highest BCUT2D eigenvalue weighted by molar-refractivity contribution is 7.99. The van der Waals surface area contributed by atoms with E-state index in [0.29, 0.717) is 30.0 Å². The van der Waals surface area contributed by atoms with Crippen LogP contribution in [-0.4, -0.2) is 65.3 Å². The Morgan fingerprint density at radius 1 is 1.11 bits per heavy atom. The van der Waals surface area contributed by atoms with Crippen LogP contribution in [0, 0.1) is 11.8 Å². The van der Waals surface area contributed by atoms with Crippen molar-refractivity contribution in [3.63, 3.8) is 0 Å². The number of nitrogens with one attached hydrogen (secondary N) is 2. The van der Waals surface area contributed by atoms with E-state index in [4.69, 9.17) is 4.42 Å². The molecule has 1 aliphatic carbocycles. The van der Waals surface area contributed by atoms with Crippen LogP contribution in [0.25, 0.3) is 0 Å². The summed E-state index contributed by atoms with van der Waals surface area (Å²) in [5, 5.41) is 14.3. The van der Waals surface area contributed by atoms with E-state index in [0.717, 1.165) is 31.6 Å². The molecular formula is C27H39N5O4S. The van der Waals surface area contributed by atoms with Gasteiger partial charge in [0.05, 0.1) is 5.92 Å². The fourth-order valence-electron chi connectivity index (χ4n) is 4.51. The van der Waals surface area contributed by atoms with Gasteiger partial charge in [-0.25, -0.2) is 0 Å². The standard InChI is InChI=1S/C27H39N5O4S/c1-18(2)17-21(26-30-31-27(36-26)37-16-10-15-32(3)4)25(35)29-24(34)20-13-8-9-14-22(20)28-23(33)19-11-6-5-7-12-19/h5-7,11-12,18,20-22H,8-10,13-17H2,1-4H3,(H,28,33)(H,29,34,35)/t20-,21?,22+/m1/s1. The van der Waals surface area contributed by atoms with Gasteiger partial charge in [-0.2, -0.15) is 0 Å². The van der Waals surface area contributed by atoms with Gasteiger partial charge in [0.1, 0.15) is 5.92 Å². The minimum atomic E-state index is -0.714. The zero-order valence-corrected chi connectivity index (χ0v) is 23.1. The molecule has 1 saturated carbocycles. The molecule has 1 fully saturated rings. The number of benzene rings is 1. The van der Waals surface area contributed by atoms with Crippen molar-refractivity contribution >= 4 is 29.5 Å². The monoisotopic (exact) mass is 529 g/mol. The van der Waals surface area contributed by atoms with E-state index in [9.17, 15) is 14.4 Å². The molecule has 9 nitrogen and oxygen atoms in total. The molecule has 37 heavy (non-hydrogen) atoms. The number of carbonyl (C=O) groups is 3. The number of hydrogen-bond donors (Lipinski definition) is 2. The molecule has 3 atom stereocenters. The number of hydrogen-bond acceptors (Lipinski definition) is 8. The van der Waals surface area contributed by atoms with Gasteiger partial charge < -0.3 is 14.6 Å². The summed E-state index contributed by atoms with van der Waals surface area (Å²) in [7, 11) is 4.05. The van der Waals surface area contributed by atoms with E-state index < -0.39 is 17.7 Å². The molecule has 0 spiro atoms. The maximum Gasteiger partial charge on any atom is 0.276 e. The van der Waals surface area contributed by atoms with Gasteiger partial charge in [-0.1, -0.05) is 56.7 Å². The highest BCUT2D eigenvalue weighted by atomic mass is 32.2. The average molecular weight is 530 g/mol. The lowest BCUT2D eigenvalue weighted by Crippen LogP contribution is -2.50. The molecule has 3 amide bonds. The highest BCUT2D eigenvalue weighted by Crippen LogP contribution is 2.28. The summed E-state index contributed by atoms with van der Waals surface area (Å²) in [5.74, 6) is -0.968. The van der Waals surface area contributed by atoms with Crippen LogP contribution < -0.4 is 10.6 Å². The van der Waals surface area contributed by atoms with E-state index in [1.807, 2.05) is 34.0 Å². The van der Waals surface area contributed by atoms with Crippen molar-refractivity contribution < 1.29 is 18.8 Å². The van der Waals surface area contributed by atoms with Crippen molar-refractivity contribution in [3.05, 3.63) is 41.8 Å².